The smallest absolute Gasteiger partial charge is 0.241 e. The van der Waals surface area contributed by atoms with E-state index in [1.165, 1.54) is 11.3 Å². The Labute approximate surface area is 120 Å². The van der Waals surface area contributed by atoms with Gasteiger partial charge in [-0.25, -0.2) is 13.1 Å². The third kappa shape index (κ3) is 5.22. The van der Waals surface area contributed by atoms with Gasteiger partial charge in [-0.15, -0.1) is 11.3 Å². The highest BCUT2D eigenvalue weighted by Gasteiger charge is 2.19. The first-order valence-electron chi connectivity index (χ1n) is 6.66. The summed E-state index contributed by atoms with van der Waals surface area (Å²) in [6.07, 6.45) is 0.966. The molecule has 0 aromatic carbocycles. The largest absolute Gasteiger partial charge is 0.310 e. The van der Waals surface area contributed by atoms with Crippen LogP contribution in [0.25, 0.3) is 0 Å². The van der Waals surface area contributed by atoms with Gasteiger partial charge >= 0.3 is 0 Å². The van der Waals surface area contributed by atoms with Crippen LogP contribution in [-0.2, 0) is 16.6 Å². The van der Waals surface area contributed by atoms with Crippen LogP contribution in [0.2, 0.25) is 0 Å². The molecule has 0 amide bonds. The first kappa shape index (κ1) is 16.6. The van der Waals surface area contributed by atoms with Gasteiger partial charge in [0.2, 0.25) is 10.0 Å². The number of hydrogen-bond donors (Lipinski definition) is 2. The van der Waals surface area contributed by atoms with Crippen LogP contribution in [0, 0.1) is 5.92 Å². The molecule has 2 N–H and O–H groups in total. The first-order valence-corrected chi connectivity index (χ1v) is 9.02. The Kier molecular flexibility index (Phi) is 6.46. The van der Waals surface area contributed by atoms with Gasteiger partial charge in [-0.3, -0.25) is 0 Å². The monoisotopic (exact) mass is 304 g/mol. The van der Waals surface area contributed by atoms with E-state index >= 15 is 0 Å². The highest BCUT2D eigenvalue weighted by molar-refractivity contribution is 7.89. The molecule has 1 aromatic rings. The van der Waals surface area contributed by atoms with Gasteiger partial charge < -0.3 is 5.32 Å². The summed E-state index contributed by atoms with van der Waals surface area (Å²) in [4.78, 5) is 1.28. The van der Waals surface area contributed by atoms with E-state index in [0.29, 0.717) is 29.9 Å². The fourth-order valence-corrected chi connectivity index (χ4v) is 4.03. The standard InChI is InChI=1S/C13H24N2O2S2/c1-5-11(4)8-15-19(16,17)13-6-7-18-12(13)9-14-10(2)3/h6-7,10-11,14-15H,5,8-9H2,1-4H3. The van der Waals surface area contributed by atoms with E-state index in [0.717, 1.165) is 11.3 Å². The van der Waals surface area contributed by atoms with Gasteiger partial charge in [-0.1, -0.05) is 34.1 Å². The normalized spacial score (nSPS) is 13.9. The average Bonchev–Trinajstić information content (AvgIpc) is 2.82. The Balaban J connectivity index is 2.75. The molecular weight excluding hydrogens is 280 g/mol. The first-order chi connectivity index (χ1) is 8.86. The summed E-state index contributed by atoms with van der Waals surface area (Å²) in [5.41, 5.74) is 0. The number of rotatable bonds is 8. The third-order valence-corrected chi connectivity index (χ3v) is 5.54. The predicted octanol–water partition coefficient (Wildman–Crippen LogP) is 2.57. The van der Waals surface area contributed by atoms with Crippen molar-refractivity contribution in [2.24, 2.45) is 5.92 Å². The van der Waals surface area contributed by atoms with Crippen LogP contribution >= 0.6 is 11.3 Å². The summed E-state index contributed by atoms with van der Waals surface area (Å²) in [5.74, 6) is 0.352. The number of sulfonamides is 1. The lowest BCUT2D eigenvalue weighted by Gasteiger charge is -2.12. The van der Waals surface area contributed by atoms with Gasteiger partial charge in [0.1, 0.15) is 0 Å². The maximum Gasteiger partial charge on any atom is 0.241 e. The van der Waals surface area contributed by atoms with Crippen LogP contribution in [0.4, 0.5) is 0 Å². The quantitative estimate of drug-likeness (QED) is 0.776. The molecule has 1 aromatic heterocycles. The summed E-state index contributed by atoms with van der Waals surface area (Å²) in [6.45, 7) is 9.27. The fourth-order valence-electron chi connectivity index (χ4n) is 1.47. The van der Waals surface area contributed by atoms with Gasteiger partial charge in [-0.2, -0.15) is 0 Å². The Morgan fingerprint density at radius 2 is 2.00 bits per heavy atom. The van der Waals surface area contributed by atoms with Crippen molar-refractivity contribution < 1.29 is 8.42 Å². The molecule has 1 rings (SSSR count). The van der Waals surface area contributed by atoms with E-state index in [1.54, 1.807) is 6.07 Å². The molecule has 19 heavy (non-hydrogen) atoms. The average molecular weight is 304 g/mol. The van der Waals surface area contributed by atoms with Crippen molar-refractivity contribution in [2.75, 3.05) is 6.54 Å². The topological polar surface area (TPSA) is 58.2 Å². The molecule has 0 aliphatic rings. The predicted molar refractivity (Wildman–Crippen MR) is 80.9 cm³/mol. The Hall–Kier alpha value is -0.430. The molecule has 0 saturated carbocycles. The highest BCUT2D eigenvalue weighted by atomic mass is 32.2. The zero-order valence-electron chi connectivity index (χ0n) is 12.1. The maximum absolute atomic E-state index is 12.2. The Bertz CT molecular complexity index is 481. The number of hydrogen-bond acceptors (Lipinski definition) is 4. The fraction of sp³-hybridized carbons (Fsp3) is 0.692. The lowest BCUT2D eigenvalue weighted by molar-refractivity contribution is 0.527. The van der Waals surface area contributed by atoms with Crippen molar-refractivity contribution in [2.45, 2.75) is 51.6 Å². The van der Waals surface area contributed by atoms with Crippen LogP contribution in [0.1, 0.15) is 39.0 Å². The molecule has 1 unspecified atom stereocenters. The van der Waals surface area contributed by atoms with Gasteiger partial charge in [0.15, 0.2) is 0 Å². The molecule has 0 aliphatic heterocycles. The van der Waals surface area contributed by atoms with Gasteiger partial charge in [0.05, 0.1) is 4.90 Å². The molecule has 1 atom stereocenters. The molecular formula is C13H24N2O2S2. The Morgan fingerprint density at radius 1 is 1.32 bits per heavy atom. The zero-order valence-corrected chi connectivity index (χ0v) is 13.7. The molecule has 0 fully saturated rings. The van der Waals surface area contributed by atoms with E-state index in [9.17, 15) is 8.42 Å². The van der Waals surface area contributed by atoms with Crippen LogP contribution in [0.5, 0.6) is 0 Å². The van der Waals surface area contributed by atoms with Gasteiger partial charge in [0, 0.05) is 24.0 Å². The van der Waals surface area contributed by atoms with Crippen molar-refractivity contribution in [3.63, 3.8) is 0 Å². The van der Waals surface area contributed by atoms with Crippen LogP contribution in [0.3, 0.4) is 0 Å². The highest BCUT2D eigenvalue weighted by Crippen LogP contribution is 2.22. The van der Waals surface area contributed by atoms with E-state index in [-0.39, 0.29) is 0 Å². The molecule has 110 valence electrons. The minimum Gasteiger partial charge on any atom is -0.310 e. The lowest BCUT2D eigenvalue weighted by Crippen LogP contribution is -2.29. The summed E-state index contributed by atoms with van der Waals surface area (Å²) >= 11 is 1.48. The van der Waals surface area contributed by atoms with E-state index in [4.69, 9.17) is 0 Å². The van der Waals surface area contributed by atoms with E-state index < -0.39 is 10.0 Å². The Morgan fingerprint density at radius 3 is 2.58 bits per heavy atom. The van der Waals surface area contributed by atoms with Gasteiger partial charge in [-0.05, 0) is 17.4 Å². The molecule has 1 heterocycles. The number of thiophene rings is 1. The van der Waals surface area contributed by atoms with Crippen LogP contribution in [-0.4, -0.2) is 21.0 Å². The molecule has 0 spiro atoms. The maximum atomic E-state index is 12.2. The third-order valence-electron chi connectivity index (χ3n) is 2.98. The van der Waals surface area contributed by atoms with Gasteiger partial charge in [0.25, 0.3) is 0 Å². The van der Waals surface area contributed by atoms with Crippen molar-refractivity contribution in [3.8, 4) is 0 Å². The summed E-state index contributed by atoms with van der Waals surface area (Å²) in [6, 6.07) is 2.02. The number of nitrogens with one attached hydrogen (secondary N) is 2. The molecule has 4 nitrogen and oxygen atoms in total. The molecule has 0 aliphatic carbocycles. The van der Waals surface area contributed by atoms with Crippen molar-refractivity contribution in [1.82, 2.24) is 10.0 Å². The van der Waals surface area contributed by atoms with E-state index in [2.05, 4.69) is 17.0 Å². The van der Waals surface area contributed by atoms with Crippen molar-refractivity contribution >= 4 is 21.4 Å². The minimum absolute atomic E-state index is 0.339. The molecule has 0 radical (unpaired) electrons. The second-order valence-corrected chi connectivity index (χ2v) is 7.84. The second kappa shape index (κ2) is 7.38. The lowest BCUT2D eigenvalue weighted by atomic mass is 10.1. The minimum atomic E-state index is -3.38. The molecule has 0 saturated heterocycles. The summed E-state index contributed by atoms with van der Waals surface area (Å²) < 4.78 is 27.2. The summed E-state index contributed by atoms with van der Waals surface area (Å²) in [5, 5.41) is 5.08. The van der Waals surface area contributed by atoms with Crippen LogP contribution < -0.4 is 10.0 Å². The molecule has 6 heteroatoms. The molecule has 0 bridgehead atoms. The van der Waals surface area contributed by atoms with Crippen molar-refractivity contribution in [3.05, 3.63) is 16.3 Å². The second-order valence-electron chi connectivity index (χ2n) is 5.11. The van der Waals surface area contributed by atoms with E-state index in [1.807, 2.05) is 26.2 Å². The van der Waals surface area contributed by atoms with Crippen molar-refractivity contribution in [1.29, 1.82) is 0 Å². The SMILES string of the molecule is CCC(C)CNS(=O)(=O)c1ccsc1CNC(C)C. The summed E-state index contributed by atoms with van der Waals surface area (Å²) in [7, 11) is -3.38. The van der Waals surface area contributed by atoms with Crippen LogP contribution in [0.15, 0.2) is 16.3 Å². The zero-order chi connectivity index (χ0) is 14.5.